The van der Waals surface area contributed by atoms with Gasteiger partial charge in [0.2, 0.25) is 0 Å². The first-order valence-electron chi connectivity index (χ1n) is 6.64. The summed E-state index contributed by atoms with van der Waals surface area (Å²) >= 11 is 0. The predicted molar refractivity (Wildman–Crippen MR) is 74.7 cm³/mol. The highest BCUT2D eigenvalue weighted by Gasteiger charge is 2.25. The fraction of sp³-hybridized carbons (Fsp3) is 0.533. The molecule has 0 aliphatic rings. The van der Waals surface area contributed by atoms with E-state index in [4.69, 9.17) is 15.6 Å². The zero-order chi connectivity index (χ0) is 14.4. The number of carbonyl (C=O) groups excluding carboxylic acids is 1. The fourth-order valence-corrected chi connectivity index (χ4v) is 2.08. The number of benzene rings is 1. The Kier molecular flexibility index (Phi) is 5.99. The topological polar surface area (TPSA) is 72.5 Å². The molecule has 1 aromatic rings. The summed E-state index contributed by atoms with van der Waals surface area (Å²) in [7, 11) is 0. The van der Waals surface area contributed by atoms with E-state index in [0.717, 1.165) is 11.1 Å². The minimum atomic E-state index is -0.380. The molecule has 0 aliphatic heterocycles. The molecule has 0 saturated heterocycles. The number of rotatable bonds is 6. The van der Waals surface area contributed by atoms with Crippen LogP contribution in [-0.2, 0) is 9.53 Å². The van der Waals surface area contributed by atoms with E-state index in [9.17, 15) is 4.79 Å². The van der Waals surface area contributed by atoms with Gasteiger partial charge in [-0.15, -0.1) is 0 Å². The lowest BCUT2D eigenvalue weighted by molar-refractivity contribution is -0.146. The molecule has 0 amide bonds. The van der Waals surface area contributed by atoms with Crippen LogP contribution in [0.2, 0.25) is 0 Å². The van der Waals surface area contributed by atoms with Crippen molar-refractivity contribution in [2.75, 3.05) is 13.2 Å². The third kappa shape index (κ3) is 4.04. The molecular weight excluding hydrogens is 242 g/mol. The van der Waals surface area contributed by atoms with Gasteiger partial charge in [0, 0.05) is 0 Å². The van der Waals surface area contributed by atoms with E-state index in [1.54, 1.807) is 6.92 Å². The molecule has 0 fully saturated rings. The molecule has 0 aliphatic carbocycles. The van der Waals surface area contributed by atoms with Gasteiger partial charge in [-0.05, 0) is 24.0 Å². The highest BCUT2D eigenvalue weighted by atomic mass is 16.5. The number of aliphatic hydroxyl groups excluding tert-OH is 1. The number of hydrogen-bond donors (Lipinski definition) is 2. The van der Waals surface area contributed by atoms with Crippen molar-refractivity contribution in [2.24, 2.45) is 11.7 Å². The Bertz CT molecular complexity index is 400. The van der Waals surface area contributed by atoms with Crippen LogP contribution in [-0.4, -0.2) is 24.3 Å². The van der Waals surface area contributed by atoms with E-state index in [1.807, 2.05) is 38.1 Å². The van der Waals surface area contributed by atoms with Crippen LogP contribution in [0.4, 0.5) is 0 Å². The first kappa shape index (κ1) is 15.7. The van der Waals surface area contributed by atoms with Crippen LogP contribution in [0.1, 0.15) is 43.9 Å². The summed E-state index contributed by atoms with van der Waals surface area (Å²) in [6.45, 7) is 6.09. The second kappa shape index (κ2) is 7.26. The van der Waals surface area contributed by atoms with Gasteiger partial charge in [-0.1, -0.05) is 38.1 Å². The first-order valence-corrected chi connectivity index (χ1v) is 6.64. The molecule has 1 rings (SSSR count). The van der Waals surface area contributed by atoms with Crippen LogP contribution in [0.5, 0.6) is 0 Å². The Morgan fingerprint density at radius 1 is 1.26 bits per heavy atom. The van der Waals surface area contributed by atoms with E-state index < -0.39 is 0 Å². The second-order valence-corrected chi connectivity index (χ2v) is 4.93. The Hall–Kier alpha value is -1.39. The van der Waals surface area contributed by atoms with Crippen molar-refractivity contribution < 1.29 is 14.6 Å². The summed E-state index contributed by atoms with van der Waals surface area (Å²) in [5.41, 5.74) is 7.52. The first-order chi connectivity index (χ1) is 9.01. The average Bonchev–Trinajstić information content (AvgIpc) is 2.38. The minimum absolute atomic E-state index is 0.0924. The summed E-state index contributed by atoms with van der Waals surface area (Å²) in [6, 6.07) is 7.09. The maximum Gasteiger partial charge on any atom is 0.313 e. The number of ether oxygens (including phenoxy) is 1. The number of aliphatic hydroxyl groups is 1. The highest BCUT2D eigenvalue weighted by molar-refractivity contribution is 5.78. The Morgan fingerprint density at radius 2 is 1.79 bits per heavy atom. The van der Waals surface area contributed by atoms with Crippen molar-refractivity contribution in [3.63, 3.8) is 0 Å². The third-order valence-electron chi connectivity index (χ3n) is 3.13. The molecule has 0 heterocycles. The fourth-order valence-electron chi connectivity index (χ4n) is 2.08. The zero-order valence-electron chi connectivity index (χ0n) is 11.8. The second-order valence-electron chi connectivity index (χ2n) is 4.93. The smallest absolute Gasteiger partial charge is 0.313 e. The van der Waals surface area contributed by atoms with E-state index in [-0.39, 0.29) is 30.5 Å². The molecule has 2 atom stereocenters. The molecule has 3 N–H and O–H groups in total. The molecule has 4 nitrogen and oxygen atoms in total. The third-order valence-corrected chi connectivity index (χ3v) is 3.13. The lowest BCUT2D eigenvalue weighted by atomic mass is 9.87. The molecule has 0 radical (unpaired) electrons. The maximum absolute atomic E-state index is 12.0. The Labute approximate surface area is 114 Å². The normalized spacial score (nSPS) is 14.2. The summed E-state index contributed by atoms with van der Waals surface area (Å²) in [5.74, 6) is -0.299. The zero-order valence-corrected chi connectivity index (χ0v) is 11.8. The molecule has 19 heavy (non-hydrogen) atoms. The van der Waals surface area contributed by atoms with E-state index in [1.165, 1.54) is 0 Å². The van der Waals surface area contributed by atoms with Crippen molar-refractivity contribution >= 4 is 5.97 Å². The molecular formula is C15H23NO3. The summed E-state index contributed by atoms with van der Waals surface area (Å²) < 4.78 is 5.11. The monoisotopic (exact) mass is 265 g/mol. The molecule has 1 aromatic carbocycles. The number of nitrogens with two attached hydrogens (primary N) is 1. The molecule has 0 bridgehead atoms. The van der Waals surface area contributed by atoms with Gasteiger partial charge in [-0.25, -0.2) is 0 Å². The molecule has 106 valence electrons. The van der Waals surface area contributed by atoms with E-state index in [2.05, 4.69) is 0 Å². The SMILES string of the molecule is CCOC(=O)C(c1ccc([C@H](N)CO)cc1)C(C)C. The lowest BCUT2D eigenvalue weighted by Gasteiger charge is -2.20. The number of carbonyl (C=O) groups is 1. The maximum atomic E-state index is 12.0. The molecule has 0 spiro atoms. The molecule has 0 aromatic heterocycles. The van der Waals surface area contributed by atoms with Gasteiger partial charge in [-0.3, -0.25) is 4.79 Å². The van der Waals surface area contributed by atoms with Gasteiger partial charge in [0.1, 0.15) is 0 Å². The van der Waals surface area contributed by atoms with Gasteiger partial charge < -0.3 is 15.6 Å². The van der Waals surface area contributed by atoms with Gasteiger partial charge in [-0.2, -0.15) is 0 Å². The minimum Gasteiger partial charge on any atom is -0.466 e. The van der Waals surface area contributed by atoms with Crippen LogP contribution in [0.3, 0.4) is 0 Å². The largest absolute Gasteiger partial charge is 0.466 e. The highest BCUT2D eigenvalue weighted by Crippen LogP contribution is 2.27. The standard InChI is InChI=1S/C15H23NO3/c1-4-19-15(18)14(10(2)3)12-7-5-11(6-8-12)13(16)9-17/h5-8,10,13-14,17H,4,9,16H2,1-3H3/t13-,14?/m1/s1. The van der Waals surface area contributed by atoms with Crippen LogP contribution in [0.15, 0.2) is 24.3 Å². The van der Waals surface area contributed by atoms with Crippen LogP contribution in [0, 0.1) is 5.92 Å². The van der Waals surface area contributed by atoms with Crippen molar-refractivity contribution in [1.29, 1.82) is 0 Å². The van der Waals surface area contributed by atoms with Crippen molar-refractivity contribution in [1.82, 2.24) is 0 Å². The van der Waals surface area contributed by atoms with E-state index in [0.29, 0.717) is 6.61 Å². The number of esters is 1. The van der Waals surface area contributed by atoms with Gasteiger partial charge >= 0.3 is 5.97 Å². The van der Waals surface area contributed by atoms with Crippen LogP contribution >= 0.6 is 0 Å². The van der Waals surface area contributed by atoms with E-state index >= 15 is 0 Å². The van der Waals surface area contributed by atoms with Crippen molar-refractivity contribution in [3.05, 3.63) is 35.4 Å². The Balaban J connectivity index is 2.95. The Morgan fingerprint density at radius 3 is 2.21 bits per heavy atom. The molecule has 0 saturated carbocycles. The summed E-state index contributed by atoms with van der Waals surface area (Å²) in [6.07, 6.45) is 0. The quantitative estimate of drug-likeness (QED) is 0.771. The van der Waals surface area contributed by atoms with Crippen molar-refractivity contribution in [2.45, 2.75) is 32.7 Å². The number of hydrogen-bond acceptors (Lipinski definition) is 4. The van der Waals surface area contributed by atoms with Crippen molar-refractivity contribution in [3.8, 4) is 0 Å². The van der Waals surface area contributed by atoms with Crippen LogP contribution in [0.25, 0.3) is 0 Å². The molecule has 1 unspecified atom stereocenters. The van der Waals surface area contributed by atoms with Gasteiger partial charge in [0.25, 0.3) is 0 Å². The lowest BCUT2D eigenvalue weighted by Crippen LogP contribution is -2.21. The van der Waals surface area contributed by atoms with Crippen LogP contribution < -0.4 is 5.73 Å². The average molecular weight is 265 g/mol. The summed E-state index contributed by atoms with van der Waals surface area (Å²) in [4.78, 5) is 12.0. The van der Waals surface area contributed by atoms with Gasteiger partial charge in [0.05, 0.1) is 25.2 Å². The summed E-state index contributed by atoms with van der Waals surface area (Å²) in [5, 5.41) is 9.01. The van der Waals surface area contributed by atoms with Gasteiger partial charge in [0.15, 0.2) is 0 Å². The predicted octanol–water partition coefficient (Wildman–Crippen LogP) is 1.98. The molecule has 4 heteroatoms.